The number of nitrogens with one attached hydrogen (secondary N) is 2. The molecule has 0 atom stereocenters. The monoisotopic (exact) mass is 202 g/mol. The molecule has 1 aliphatic carbocycles. The molecular weight excluding hydrogens is 184 g/mol. The second-order valence-electron chi connectivity index (χ2n) is 4.66. The minimum atomic E-state index is 0.833. The van der Waals surface area contributed by atoms with E-state index in [2.05, 4.69) is 22.8 Å². The normalized spacial score (nSPS) is 19.8. The van der Waals surface area contributed by atoms with Gasteiger partial charge in [-0.1, -0.05) is 6.07 Å². The molecule has 0 unspecified atom stereocenters. The van der Waals surface area contributed by atoms with E-state index in [0.717, 1.165) is 19.0 Å². The van der Waals surface area contributed by atoms with Gasteiger partial charge in [-0.2, -0.15) is 0 Å². The van der Waals surface area contributed by atoms with E-state index in [0.29, 0.717) is 0 Å². The van der Waals surface area contributed by atoms with Crippen molar-refractivity contribution in [2.24, 2.45) is 0 Å². The second kappa shape index (κ2) is 3.53. The van der Waals surface area contributed by atoms with Crippen molar-refractivity contribution >= 4 is 5.69 Å². The summed E-state index contributed by atoms with van der Waals surface area (Å²) < 4.78 is 0. The van der Waals surface area contributed by atoms with E-state index < -0.39 is 0 Å². The standard InChI is InChI=1S/C13H18N2/c1-14-13-7-10-4-5-15-8-11(10)6-12(13)9-2-3-9/h6-7,9,14-15H,2-5,8H2,1H3. The van der Waals surface area contributed by atoms with Crippen molar-refractivity contribution in [3.63, 3.8) is 0 Å². The molecule has 1 saturated carbocycles. The third kappa shape index (κ3) is 1.63. The van der Waals surface area contributed by atoms with Gasteiger partial charge in [0.05, 0.1) is 0 Å². The molecule has 1 fully saturated rings. The number of hydrogen-bond acceptors (Lipinski definition) is 2. The van der Waals surface area contributed by atoms with E-state index in [1.54, 1.807) is 5.56 Å². The van der Waals surface area contributed by atoms with E-state index in [-0.39, 0.29) is 0 Å². The zero-order valence-corrected chi connectivity index (χ0v) is 9.27. The summed E-state index contributed by atoms with van der Waals surface area (Å²) in [6, 6.07) is 4.79. The van der Waals surface area contributed by atoms with Gasteiger partial charge in [0.2, 0.25) is 0 Å². The largest absolute Gasteiger partial charge is 0.388 e. The molecule has 2 nitrogen and oxygen atoms in total. The molecule has 1 heterocycles. The molecule has 15 heavy (non-hydrogen) atoms. The van der Waals surface area contributed by atoms with Crippen molar-refractivity contribution in [2.45, 2.75) is 31.7 Å². The smallest absolute Gasteiger partial charge is 0.0375 e. The van der Waals surface area contributed by atoms with Gasteiger partial charge in [0.1, 0.15) is 0 Å². The van der Waals surface area contributed by atoms with Crippen LogP contribution in [0.15, 0.2) is 12.1 Å². The summed E-state index contributed by atoms with van der Waals surface area (Å²) in [5.74, 6) is 0.833. The van der Waals surface area contributed by atoms with Crippen LogP contribution in [0, 0.1) is 0 Å². The van der Waals surface area contributed by atoms with Gasteiger partial charge in [-0.05, 0) is 54.5 Å². The zero-order valence-electron chi connectivity index (χ0n) is 9.27. The SMILES string of the molecule is CNc1cc2c(cc1C1CC1)CNCC2. The Bertz CT molecular complexity index is 380. The quantitative estimate of drug-likeness (QED) is 0.768. The summed E-state index contributed by atoms with van der Waals surface area (Å²) in [4.78, 5) is 0. The summed E-state index contributed by atoms with van der Waals surface area (Å²) in [5.41, 5.74) is 5.95. The van der Waals surface area contributed by atoms with Gasteiger partial charge >= 0.3 is 0 Å². The lowest BCUT2D eigenvalue weighted by atomic mass is 9.95. The minimum Gasteiger partial charge on any atom is -0.388 e. The van der Waals surface area contributed by atoms with Crippen LogP contribution >= 0.6 is 0 Å². The lowest BCUT2D eigenvalue weighted by Crippen LogP contribution is -2.23. The highest BCUT2D eigenvalue weighted by atomic mass is 14.9. The van der Waals surface area contributed by atoms with E-state index in [4.69, 9.17) is 0 Å². The van der Waals surface area contributed by atoms with E-state index in [1.165, 1.54) is 36.1 Å². The van der Waals surface area contributed by atoms with Crippen molar-refractivity contribution in [3.05, 3.63) is 28.8 Å². The zero-order chi connectivity index (χ0) is 10.3. The molecule has 80 valence electrons. The van der Waals surface area contributed by atoms with Crippen molar-refractivity contribution in [3.8, 4) is 0 Å². The first-order chi connectivity index (χ1) is 7.38. The van der Waals surface area contributed by atoms with E-state index in [9.17, 15) is 0 Å². The van der Waals surface area contributed by atoms with Gasteiger partial charge in [0, 0.05) is 19.3 Å². The Morgan fingerprint density at radius 2 is 2.13 bits per heavy atom. The first-order valence-electron chi connectivity index (χ1n) is 5.92. The Labute approximate surface area is 91.1 Å². The maximum absolute atomic E-state index is 3.44. The predicted octanol–water partition coefficient (Wildman–Crippen LogP) is 2.25. The van der Waals surface area contributed by atoms with Crippen LogP contribution in [0.3, 0.4) is 0 Å². The van der Waals surface area contributed by atoms with Gasteiger partial charge in [-0.25, -0.2) is 0 Å². The molecule has 0 bridgehead atoms. The number of rotatable bonds is 2. The van der Waals surface area contributed by atoms with Gasteiger partial charge in [0.25, 0.3) is 0 Å². The third-order valence-electron chi connectivity index (χ3n) is 3.54. The van der Waals surface area contributed by atoms with E-state index >= 15 is 0 Å². The Balaban J connectivity index is 2.05. The minimum absolute atomic E-state index is 0.833. The molecule has 0 radical (unpaired) electrons. The number of anilines is 1. The molecule has 1 aromatic carbocycles. The second-order valence-corrected chi connectivity index (χ2v) is 4.66. The molecule has 1 aromatic rings. The molecule has 3 rings (SSSR count). The van der Waals surface area contributed by atoms with Crippen LogP contribution in [0.2, 0.25) is 0 Å². The summed E-state index contributed by atoms with van der Waals surface area (Å²) >= 11 is 0. The Morgan fingerprint density at radius 1 is 1.27 bits per heavy atom. The fourth-order valence-electron chi connectivity index (χ4n) is 2.50. The molecule has 0 amide bonds. The van der Waals surface area contributed by atoms with Crippen LogP contribution in [0.25, 0.3) is 0 Å². The maximum atomic E-state index is 3.44. The van der Waals surface area contributed by atoms with E-state index in [1.807, 2.05) is 7.05 Å². The van der Waals surface area contributed by atoms with Crippen LogP contribution in [-0.2, 0) is 13.0 Å². The molecule has 2 aliphatic rings. The number of benzene rings is 1. The number of hydrogen-bond donors (Lipinski definition) is 2. The maximum Gasteiger partial charge on any atom is 0.0375 e. The summed E-state index contributed by atoms with van der Waals surface area (Å²) in [6.07, 6.45) is 3.93. The first-order valence-corrected chi connectivity index (χ1v) is 5.92. The highest BCUT2D eigenvalue weighted by molar-refractivity contribution is 5.58. The lowest BCUT2D eigenvalue weighted by molar-refractivity contribution is 0.643. The molecular formula is C13H18N2. The lowest BCUT2D eigenvalue weighted by Gasteiger charge is -2.20. The molecule has 2 heteroatoms. The van der Waals surface area contributed by atoms with Crippen LogP contribution in [0.5, 0.6) is 0 Å². The van der Waals surface area contributed by atoms with Crippen molar-refractivity contribution in [1.82, 2.24) is 5.32 Å². The van der Waals surface area contributed by atoms with Crippen molar-refractivity contribution in [1.29, 1.82) is 0 Å². The molecule has 0 saturated heterocycles. The van der Waals surface area contributed by atoms with Crippen LogP contribution in [0.4, 0.5) is 5.69 Å². The predicted molar refractivity (Wildman–Crippen MR) is 63.4 cm³/mol. The van der Waals surface area contributed by atoms with Crippen LogP contribution in [0.1, 0.15) is 35.4 Å². The Morgan fingerprint density at radius 3 is 2.87 bits per heavy atom. The summed E-state index contributed by atoms with van der Waals surface area (Å²) in [6.45, 7) is 2.18. The Kier molecular flexibility index (Phi) is 2.17. The Hall–Kier alpha value is -1.02. The van der Waals surface area contributed by atoms with Gasteiger partial charge in [0.15, 0.2) is 0 Å². The van der Waals surface area contributed by atoms with Crippen molar-refractivity contribution in [2.75, 3.05) is 18.9 Å². The van der Waals surface area contributed by atoms with Crippen molar-refractivity contribution < 1.29 is 0 Å². The van der Waals surface area contributed by atoms with Crippen LogP contribution < -0.4 is 10.6 Å². The topological polar surface area (TPSA) is 24.1 Å². The average molecular weight is 202 g/mol. The molecule has 2 N–H and O–H groups in total. The fraction of sp³-hybridized carbons (Fsp3) is 0.538. The van der Waals surface area contributed by atoms with Gasteiger partial charge in [-0.3, -0.25) is 0 Å². The third-order valence-corrected chi connectivity index (χ3v) is 3.54. The average Bonchev–Trinajstić information content (AvgIpc) is 3.11. The highest BCUT2D eigenvalue weighted by Crippen LogP contribution is 2.44. The fourth-order valence-corrected chi connectivity index (χ4v) is 2.50. The van der Waals surface area contributed by atoms with Gasteiger partial charge in [-0.15, -0.1) is 0 Å². The van der Waals surface area contributed by atoms with Gasteiger partial charge < -0.3 is 10.6 Å². The molecule has 0 spiro atoms. The summed E-state index contributed by atoms with van der Waals surface area (Å²) in [7, 11) is 2.04. The highest BCUT2D eigenvalue weighted by Gasteiger charge is 2.27. The summed E-state index contributed by atoms with van der Waals surface area (Å²) in [5, 5.41) is 6.79. The number of fused-ring (bicyclic) bond motifs is 1. The molecule has 0 aromatic heterocycles. The molecule has 1 aliphatic heterocycles. The first kappa shape index (κ1) is 9.22. The van der Waals surface area contributed by atoms with Crippen LogP contribution in [-0.4, -0.2) is 13.6 Å².